The van der Waals surface area contributed by atoms with Gasteiger partial charge in [-0.15, -0.1) is 0 Å². The molecule has 1 saturated heterocycles. The fourth-order valence-electron chi connectivity index (χ4n) is 3.99. The van der Waals surface area contributed by atoms with Crippen LogP contribution in [0.1, 0.15) is 31.4 Å². The number of ether oxygens (including phenoxy) is 2. The summed E-state index contributed by atoms with van der Waals surface area (Å²) >= 11 is 0. The molecule has 0 saturated carbocycles. The zero-order chi connectivity index (χ0) is 19.7. The normalized spacial score (nSPS) is 21.3. The largest absolute Gasteiger partial charge is 0.497 e. The third-order valence-electron chi connectivity index (χ3n) is 5.44. The molecule has 2 heterocycles. The van der Waals surface area contributed by atoms with Crippen molar-refractivity contribution in [3.8, 4) is 11.5 Å². The predicted molar refractivity (Wildman–Crippen MR) is 106 cm³/mol. The molecule has 0 bridgehead atoms. The van der Waals surface area contributed by atoms with E-state index in [0.717, 1.165) is 24.2 Å². The van der Waals surface area contributed by atoms with E-state index in [4.69, 9.17) is 9.47 Å². The lowest BCUT2D eigenvalue weighted by Gasteiger charge is -2.34. The Labute approximate surface area is 164 Å². The maximum Gasteiger partial charge on any atom is 0.268 e. The maximum absolute atomic E-state index is 13.1. The van der Waals surface area contributed by atoms with Crippen LogP contribution in [0.25, 0.3) is 0 Å². The van der Waals surface area contributed by atoms with Crippen molar-refractivity contribution < 1.29 is 19.1 Å². The summed E-state index contributed by atoms with van der Waals surface area (Å²) in [5.41, 5.74) is 1.74. The van der Waals surface area contributed by atoms with E-state index in [0.29, 0.717) is 18.0 Å². The second-order valence-corrected chi connectivity index (χ2v) is 7.17. The van der Waals surface area contributed by atoms with E-state index in [1.165, 1.54) is 0 Å². The number of carbonyl (C=O) groups is 2. The topological polar surface area (TPSA) is 59.1 Å². The quantitative estimate of drug-likeness (QED) is 0.818. The first kappa shape index (κ1) is 18.3. The smallest absolute Gasteiger partial charge is 0.268 e. The van der Waals surface area contributed by atoms with Crippen LogP contribution >= 0.6 is 0 Å². The van der Waals surface area contributed by atoms with Crippen LogP contribution in [0.15, 0.2) is 48.5 Å². The fraction of sp³-hybridized carbons (Fsp3) is 0.364. The molecule has 146 valence electrons. The minimum Gasteiger partial charge on any atom is -0.497 e. The lowest BCUT2D eigenvalue weighted by Crippen LogP contribution is -2.49. The SMILES string of the molecule is COc1ccc(C2CCCN2C(=O)CN2C(=O)C(C)Oc3ccccc32)cc1. The highest BCUT2D eigenvalue weighted by molar-refractivity contribution is 6.03. The van der Waals surface area contributed by atoms with Gasteiger partial charge in [0.05, 0.1) is 18.8 Å². The van der Waals surface area contributed by atoms with Gasteiger partial charge in [-0.25, -0.2) is 0 Å². The van der Waals surface area contributed by atoms with E-state index in [2.05, 4.69) is 0 Å². The molecule has 2 aromatic rings. The highest BCUT2D eigenvalue weighted by atomic mass is 16.5. The lowest BCUT2D eigenvalue weighted by molar-refractivity contribution is -0.133. The molecule has 28 heavy (non-hydrogen) atoms. The summed E-state index contributed by atoms with van der Waals surface area (Å²) in [6.07, 6.45) is 1.27. The van der Waals surface area contributed by atoms with E-state index >= 15 is 0 Å². The van der Waals surface area contributed by atoms with Crippen molar-refractivity contribution in [2.24, 2.45) is 0 Å². The van der Waals surface area contributed by atoms with Crippen LogP contribution in [-0.4, -0.2) is 43.0 Å². The molecule has 2 aliphatic heterocycles. The molecule has 2 atom stereocenters. The summed E-state index contributed by atoms with van der Waals surface area (Å²) in [6.45, 7) is 2.44. The van der Waals surface area contributed by atoms with Crippen molar-refractivity contribution >= 4 is 17.5 Å². The van der Waals surface area contributed by atoms with Gasteiger partial charge in [-0.1, -0.05) is 24.3 Å². The van der Waals surface area contributed by atoms with Gasteiger partial charge in [0.25, 0.3) is 5.91 Å². The maximum atomic E-state index is 13.1. The number of likely N-dealkylation sites (tertiary alicyclic amines) is 1. The summed E-state index contributed by atoms with van der Waals surface area (Å²) in [7, 11) is 1.64. The molecule has 0 aromatic heterocycles. The molecule has 2 aromatic carbocycles. The van der Waals surface area contributed by atoms with Gasteiger partial charge < -0.3 is 14.4 Å². The number of carbonyl (C=O) groups excluding carboxylic acids is 2. The van der Waals surface area contributed by atoms with Gasteiger partial charge in [0, 0.05) is 6.54 Å². The van der Waals surface area contributed by atoms with Crippen LogP contribution in [0.3, 0.4) is 0 Å². The monoisotopic (exact) mass is 380 g/mol. The standard InChI is InChI=1S/C22H24N2O4/c1-15-22(26)24(19-6-3-4-8-20(19)28-15)14-21(25)23-13-5-7-18(23)16-9-11-17(27-2)12-10-16/h3-4,6,8-12,15,18H,5,7,13-14H2,1-2H3. The Hall–Kier alpha value is -3.02. The van der Waals surface area contributed by atoms with Crippen LogP contribution in [0.2, 0.25) is 0 Å². The highest BCUT2D eigenvalue weighted by Gasteiger charge is 2.36. The van der Waals surface area contributed by atoms with Crippen molar-refractivity contribution in [1.82, 2.24) is 4.90 Å². The Bertz CT molecular complexity index is 880. The highest BCUT2D eigenvalue weighted by Crippen LogP contribution is 2.36. The Balaban J connectivity index is 1.54. The first-order valence-electron chi connectivity index (χ1n) is 9.59. The number of para-hydroxylation sites is 2. The predicted octanol–water partition coefficient (Wildman–Crippen LogP) is 3.17. The van der Waals surface area contributed by atoms with Crippen molar-refractivity contribution in [2.45, 2.75) is 31.9 Å². The van der Waals surface area contributed by atoms with Crippen molar-refractivity contribution in [2.75, 3.05) is 25.1 Å². The van der Waals surface area contributed by atoms with Crippen molar-refractivity contribution in [3.05, 3.63) is 54.1 Å². The van der Waals surface area contributed by atoms with Crippen LogP contribution < -0.4 is 14.4 Å². The van der Waals surface area contributed by atoms with Crippen LogP contribution in [0, 0.1) is 0 Å². The van der Waals surface area contributed by atoms with E-state index in [9.17, 15) is 9.59 Å². The molecule has 0 aliphatic carbocycles. The Morgan fingerprint density at radius 1 is 1.18 bits per heavy atom. The number of amides is 2. The Morgan fingerprint density at radius 2 is 1.93 bits per heavy atom. The van der Waals surface area contributed by atoms with Crippen LogP contribution in [-0.2, 0) is 9.59 Å². The van der Waals surface area contributed by atoms with Gasteiger partial charge in [0.2, 0.25) is 5.91 Å². The fourth-order valence-corrected chi connectivity index (χ4v) is 3.99. The number of benzene rings is 2. The molecule has 0 N–H and O–H groups in total. The van der Waals surface area contributed by atoms with E-state index in [1.807, 2.05) is 53.4 Å². The molecule has 6 nitrogen and oxygen atoms in total. The second-order valence-electron chi connectivity index (χ2n) is 7.17. The van der Waals surface area contributed by atoms with Crippen molar-refractivity contribution in [1.29, 1.82) is 0 Å². The van der Waals surface area contributed by atoms with Gasteiger partial charge in [-0.05, 0) is 49.6 Å². The second kappa shape index (κ2) is 7.54. The molecule has 1 fully saturated rings. The molecule has 2 amide bonds. The number of anilines is 1. The van der Waals surface area contributed by atoms with Gasteiger partial charge in [-0.2, -0.15) is 0 Å². The minimum absolute atomic E-state index is 0.0240. The Morgan fingerprint density at radius 3 is 2.68 bits per heavy atom. The summed E-state index contributed by atoms with van der Waals surface area (Å²) < 4.78 is 10.9. The summed E-state index contributed by atoms with van der Waals surface area (Å²) in [5.74, 6) is 1.20. The number of rotatable bonds is 4. The summed E-state index contributed by atoms with van der Waals surface area (Å²) in [6, 6.07) is 15.2. The molecular formula is C22H24N2O4. The zero-order valence-electron chi connectivity index (χ0n) is 16.1. The van der Waals surface area contributed by atoms with Gasteiger partial charge in [-0.3, -0.25) is 14.5 Å². The Kier molecular flexibility index (Phi) is 4.94. The summed E-state index contributed by atoms with van der Waals surface area (Å²) in [4.78, 5) is 29.3. The molecule has 4 rings (SSSR count). The van der Waals surface area contributed by atoms with Gasteiger partial charge in [0.15, 0.2) is 6.10 Å². The zero-order valence-corrected chi connectivity index (χ0v) is 16.1. The van der Waals surface area contributed by atoms with E-state index in [-0.39, 0.29) is 24.4 Å². The van der Waals surface area contributed by atoms with E-state index < -0.39 is 6.10 Å². The summed E-state index contributed by atoms with van der Waals surface area (Å²) in [5, 5.41) is 0. The minimum atomic E-state index is -0.598. The molecule has 0 radical (unpaired) electrons. The van der Waals surface area contributed by atoms with Gasteiger partial charge in [0.1, 0.15) is 18.0 Å². The number of fused-ring (bicyclic) bond motifs is 1. The number of hydrogen-bond acceptors (Lipinski definition) is 4. The van der Waals surface area contributed by atoms with Crippen LogP contribution in [0.4, 0.5) is 5.69 Å². The average Bonchev–Trinajstić information content (AvgIpc) is 3.21. The van der Waals surface area contributed by atoms with Gasteiger partial charge >= 0.3 is 0 Å². The number of methoxy groups -OCH3 is 1. The molecule has 2 unspecified atom stereocenters. The molecule has 6 heteroatoms. The number of nitrogens with zero attached hydrogens (tertiary/aromatic N) is 2. The molecular weight excluding hydrogens is 356 g/mol. The molecule has 2 aliphatic rings. The third kappa shape index (κ3) is 3.30. The average molecular weight is 380 g/mol. The van der Waals surface area contributed by atoms with Crippen LogP contribution in [0.5, 0.6) is 11.5 Å². The third-order valence-corrected chi connectivity index (χ3v) is 5.44. The van der Waals surface area contributed by atoms with E-state index in [1.54, 1.807) is 18.9 Å². The lowest BCUT2D eigenvalue weighted by atomic mass is 10.0. The first-order chi connectivity index (χ1) is 13.6. The molecule has 0 spiro atoms. The number of hydrogen-bond donors (Lipinski definition) is 0. The van der Waals surface area contributed by atoms with Crippen molar-refractivity contribution in [3.63, 3.8) is 0 Å². The first-order valence-corrected chi connectivity index (χ1v) is 9.59.